The van der Waals surface area contributed by atoms with Crippen LogP contribution in [0.15, 0.2) is 83.9 Å². The van der Waals surface area contributed by atoms with E-state index in [1.807, 2.05) is 0 Å². The van der Waals surface area contributed by atoms with E-state index in [4.69, 9.17) is 4.99 Å². The third-order valence-corrected chi connectivity index (χ3v) is 7.47. The number of rotatable bonds is 2. The number of aliphatic imine (C=N–C) groups is 1. The van der Waals surface area contributed by atoms with E-state index < -0.39 is 0 Å². The minimum Gasteiger partial charge on any atom is -0.329 e. The number of benzene rings is 3. The maximum atomic E-state index is 5.03. The first kappa shape index (κ1) is 15.8. The van der Waals surface area contributed by atoms with Gasteiger partial charge in [0.15, 0.2) is 0 Å². The first-order valence-corrected chi connectivity index (χ1v) is 10.5. The van der Waals surface area contributed by atoms with Gasteiger partial charge in [0.05, 0.1) is 17.6 Å². The van der Waals surface area contributed by atoms with Crippen molar-refractivity contribution in [2.75, 3.05) is 6.54 Å². The topological polar surface area (TPSA) is 17.3 Å². The molecule has 3 heterocycles. The molecule has 3 aliphatic rings. The van der Waals surface area contributed by atoms with Crippen LogP contribution in [0, 0.1) is 6.92 Å². The number of hydrogen-bond donors (Lipinski definition) is 0. The van der Waals surface area contributed by atoms with Gasteiger partial charge in [-0.15, -0.1) is 0 Å². The molecule has 29 heavy (non-hydrogen) atoms. The molecule has 0 amide bonds. The van der Waals surface area contributed by atoms with Crippen LogP contribution < -0.4 is 0 Å². The summed E-state index contributed by atoms with van der Waals surface area (Å²) >= 11 is 0. The van der Waals surface area contributed by atoms with Gasteiger partial charge in [0, 0.05) is 34.2 Å². The summed E-state index contributed by atoms with van der Waals surface area (Å²) in [6.45, 7) is 3.13. The third-order valence-electron chi connectivity index (χ3n) is 7.47. The number of fused-ring (bicyclic) bond motifs is 5. The highest BCUT2D eigenvalue weighted by Crippen LogP contribution is 2.62. The molecule has 0 radical (unpaired) electrons. The molecule has 2 aliphatic heterocycles. The lowest BCUT2D eigenvalue weighted by atomic mass is 9.72. The van der Waals surface area contributed by atoms with Crippen molar-refractivity contribution in [3.63, 3.8) is 0 Å². The summed E-state index contributed by atoms with van der Waals surface area (Å²) in [4.78, 5) is 5.03. The van der Waals surface area contributed by atoms with E-state index in [9.17, 15) is 0 Å². The summed E-state index contributed by atoms with van der Waals surface area (Å²) in [5, 5.41) is 1.39. The van der Waals surface area contributed by atoms with Gasteiger partial charge in [0.25, 0.3) is 0 Å². The Bertz CT molecular complexity index is 1290. The van der Waals surface area contributed by atoms with Gasteiger partial charge in [0.1, 0.15) is 0 Å². The Morgan fingerprint density at radius 3 is 2.24 bits per heavy atom. The van der Waals surface area contributed by atoms with E-state index in [0.29, 0.717) is 0 Å². The molecule has 140 valence electrons. The van der Waals surface area contributed by atoms with Crippen LogP contribution in [0.25, 0.3) is 10.9 Å². The summed E-state index contributed by atoms with van der Waals surface area (Å²) in [6.07, 6.45) is 2.19. The molecule has 0 fully saturated rings. The van der Waals surface area contributed by atoms with E-state index in [-0.39, 0.29) is 11.0 Å². The second-order valence-corrected chi connectivity index (χ2v) is 9.07. The van der Waals surface area contributed by atoms with Crippen LogP contribution in [0.2, 0.25) is 0 Å². The van der Waals surface area contributed by atoms with Crippen molar-refractivity contribution in [3.8, 4) is 0 Å². The molecule has 0 saturated heterocycles. The quantitative estimate of drug-likeness (QED) is 0.435. The summed E-state index contributed by atoms with van der Waals surface area (Å²) in [5.74, 6) is 0. The number of hydrogen-bond acceptors (Lipinski definition) is 1. The van der Waals surface area contributed by atoms with Gasteiger partial charge >= 0.3 is 0 Å². The minimum atomic E-state index is -0.186. The van der Waals surface area contributed by atoms with Crippen LogP contribution in [-0.2, 0) is 11.0 Å². The molecule has 0 saturated carbocycles. The van der Waals surface area contributed by atoms with Gasteiger partial charge in [-0.25, -0.2) is 0 Å². The van der Waals surface area contributed by atoms with Crippen LogP contribution >= 0.6 is 0 Å². The molecule has 1 unspecified atom stereocenters. The van der Waals surface area contributed by atoms with Crippen molar-refractivity contribution in [1.82, 2.24) is 4.57 Å². The van der Waals surface area contributed by atoms with Crippen molar-refractivity contribution < 1.29 is 0 Å². The lowest BCUT2D eigenvalue weighted by Gasteiger charge is -2.35. The smallest absolute Gasteiger partial charge is 0.0962 e. The Morgan fingerprint density at radius 2 is 1.55 bits per heavy atom. The molecule has 3 aromatic carbocycles. The van der Waals surface area contributed by atoms with Gasteiger partial charge in [0.2, 0.25) is 0 Å². The molecule has 1 spiro atoms. The zero-order chi connectivity index (χ0) is 19.2. The lowest BCUT2D eigenvalue weighted by molar-refractivity contribution is 0.385. The van der Waals surface area contributed by atoms with Crippen molar-refractivity contribution >= 4 is 16.6 Å². The molecule has 1 atom stereocenters. The van der Waals surface area contributed by atoms with Gasteiger partial charge in [-0.05, 0) is 36.6 Å². The van der Waals surface area contributed by atoms with Crippen molar-refractivity contribution in [2.45, 2.75) is 30.7 Å². The molecular weight excluding hydrogens is 352 g/mol. The molecule has 4 aromatic rings. The summed E-state index contributed by atoms with van der Waals surface area (Å²) < 4.78 is 2.70. The fourth-order valence-electron chi connectivity index (χ4n) is 6.43. The Labute approximate surface area is 170 Å². The zero-order valence-electron chi connectivity index (χ0n) is 16.5. The molecule has 0 N–H and O–H groups in total. The second-order valence-electron chi connectivity index (χ2n) is 9.07. The van der Waals surface area contributed by atoms with E-state index in [0.717, 1.165) is 19.4 Å². The average molecular weight is 374 g/mol. The zero-order valence-corrected chi connectivity index (χ0v) is 16.5. The van der Waals surface area contributed by atoms with Crippen molar-refractivity contribution in [1.29, 1.82) is 0 Å². The van der Waals surface area contributed by atoms with Crippen molar-refractivity contribution in [2.24, 2.45) is 4.99 Å². The van der Waals surface area contributed by atoms with E-state index in [1.54, 1.807) is 0 Å². The van der Waals surface area contributed by atoms with Crippen molar-refractivity contribution in [3.05, 3.63) is 107 Å². The monoisotopic (exact) mass is 374 g/mol. The SMILES string of the molecule is Cc1ccc2c(c1)c1c3n2C(c2ccccc2)(c2ccccc2)CC32CN=C1C2. The maximum Gasteiger partial charge on any atom is 0.0962 e. The highest BCUT2D eigenvalue weighted by Gasteiger charge is 2.61. The minimum absolute atomic E-state index is 0.142. The van der Waals surface area contributed by atoms with Crippen LogP contribution in [0.5, 0.6) is 0 Å². The van der Waals surface area contributed by atoms with Crippen LogP contribution in [0.3, 0.4) is 0 Å². The summed E-state index contributed by atoms with van der Waals surface area (Å²) in [5.41, 5.74) is 9.69. The highest BCUT2D eigenvalue weighted by molar-refractivity contribution is 6.17. The van der Waals surface area contributed by atoms with Crippen LogP contribution in [-0.4, -0.2) is 16.8 Å². The highest BCUT2D eigenvalue weighted by atomic mass is 15.2. The number of aryl methyl sites for hydroxylation is 1. The predicted octanol–water partition coefficient (Wildman–Crippen LogP) is 5.59. The largest absolute Gasteiger partial charge is 0.329 e. The second kappa shape index (κ2) is 5.07. The van der Waals surface area contributed by atoms with Crippen LogP contribution in [0.1, 0.15) is 40.8 Å². The number of nitrogens with zero attached hydrogens (tertiary/aromatic N) is 2. The Morgan fingerprint density at radius 1 is 0.862 bits per heavy atom. The molecule has 7 rings (SSSR count). The molecule has 2 nitrogen and oxygen atoms in total. The summed E-state index contributed by atoms with van der Waals surface area (Å²) in [6, 6.07) is 29.2. The normalized spacial score (nSPS) is 22.9. The van der Waals surface area contributed by atoms with E-state index >= 15 is 0 Å². The first-order chi connectivity index (χ1) is 14.2. The van der Waals surface area contributed by atoms with Gasteiger partial charge < -0.3 is 4.57 Å². The Kier molecular flexibility index (Phi) is 2.75. The molecule has 1 aromatic heterocycles. The fraction of sp³-hybridized carbons (Fsp3) is 0.222. The van der Waals surface area contributed by atoms with Gasteiger partial charge in [-0.2, -0.15) is 0 Å². The third kappa shape index (κ3) is 1.72. The standard InChI is InChI=1S/C27H22N2/c1-18-12-13-23-21(14-18)24-22-15-26(17-28-22)16-27(29(23)25(24)26,19-8-4-2-5-9-19)20-10-6-3-7-11-20/h2-14H,15-17H2,1H3. The van der Waals surface area contributed by atoms with Gasteiger partial charge in [-0.1, -0.05) is 72.3 Å². The maximum absolute atomic E-state index is 5.03. The fourth-order valence-corrected chi connectivity index (χ4v) is 6.43. The summed E-state index contributed by atoms with van der Waals surface area (Å²) in [7, 11) is 0. The van der Waals surface area contributed by atoms with Gasteiger partial charge in [-0.3, -0.25) is 4.99 Å². The Hall–Kier alpha value is -3.13. The van der Waals surface area contributed by atoms with E-state index in [2.05, 4.69) is 90.4 Å². The molecule has 2 heteroatoms. The predicted molar refractivity (Wildman–Crippen MR) is 118 cm³/mol. The lowest BCUT2D eigenvalue weighted by Crippen LogP contribution is -2.35. The van der Waals surface area contributed by atoms with Crippen LogP contribution in [0.4, 0.5) is 0 Å². The molecule has 2 bridgehead atoms. The van der Waals surface area contributed by atoms with E-state index in [1.165, 1.54) is 44.6 Å². The molecular formula is C27H22N2. The molecule has 1 aliphatic carbocycles. The first-order valence-electron chi connectivity index (χ1n) is 10.5. The average Bonchev–Trinajstić information content (AvgIpc) is 3.48. The Balaban J connectivity index is 1.68. The number of aromatic nitrogens is 1.